The van der Waals surface area contributed by atoms with E-state index in [4.69, 9.17) is 18.0 Å². The molecule has 0 aliphatic rings. The summed E-state index contributed by atoms with van der Waals surface area (Å²) in [7, 11) is 2.05. The topological polar surface area (TPSA) is 29.3 Å². The Kier molecular flexibility index (Phi) is 5.09. The molecule has 0 spiro atoms. The molecule has 0 bridgehead atoms. The Morgan fingerprint density at radius 3 is 2.62 bits per heavy atom. The Morgan fingerprint density at radius 2 is 2.12 bits per heavy atom. The zero-order chi connectivity index (χ0) is 12.1. The number of nitrogens with zero attached hydrogens (tertiary/aromatic N) is 1. The second-order valence-corrected chi connectivity index (χ2v) is 5.21. The molecule has 1 aromatic rings. The van der Waals surface area contributed by atoms with E-state index < -0.39 is 0 Å². The standard InChI is InChI=1S/C12H18N2S2/c1-4-14(3)9-7-6-8-10(16-5-2)11(9)12(13)15/h6-8H,4-5H2,1-3H3,(H2,13,15). The van der Waals surface area contributed by atoms with Gasteiger partial charge in [-0.15, -0.1) is 11.8 Å². The maximum atomic E-state index is 5.83. The molecule has 1 rings (SSSR count). The van der Waals surface area contributed by atoms with Crippen LogP contribution in [0.2, 0.25) is 0 Å². The fraction of sp³-hybridized carbons (Fsp3) is 0.417. The van der Waals surface area contributed by atoms with Gasteiger partial charge in [-0.1, -0.05) is 25.2 Å². The normalized spacial score (nSPS) is 10.2. The van der Waals surface area contributed by atoms with Gasteiger partial charge in [0.15, 0.2) is 0 Å². The molecule has 0 aromatic heterocycles. The lowest BCUT2D eigenvalue weighted by Crippen LogP contribution is -2.22. The zero-order valence-electron chi connectivity index (χ0n) is 9.99. The summed E-state index contributed by atoms with van der Waals surface area (Å²) in [6.07, 6.45) is 0. The van der Waals surface area contributed by atoms with Crippen LogP contribution in [0.5, 0.6) is 0 Å². The monoisotopic (exact) mass is 254 g/mol. The molecular formula is C12H18N2S2. The summed E-state index contributed by atoms with van der Waals surface area (Å²) in [6.45, 7) is 5.18. The molecule has 16 heavy (non-hydrogen) atoms. The molecule has 0 fully saturated rings. The van der Waals surface area contributed by atoms with Crippen LogP contribution in [0.1, 0.15) is 19.4 Å². The fourth-order valence-electron chi connectivity index (χ4n) is 1.53. The highest BCUT2D eigenvalue weighted by molar-refractivity contribution is 7.99. The Hall–Kier alpha value is -0.740. The third-order valence-corrected chi connectivity index (χ3v) is 3.58. The molecule has 0 heterocycles. The lowest BCUT2D eigenvalue weighted by molar-refractivity contribution is 0.963. The van der Waals surface area contributed by atoms with Crippen molar-refractivity contribution in [2.24, 2.45) is 5.73 Å². The van der Waals surface area contributed by atoms with Crippen molar-refractivity contribution in [1.29, 1.82) is 0 Å². The van der Waals surface area contributed by atoms with Gasteiger partial charge in [0.25, 0.3) is 0 Å². The van der Waals surface area contributed by atoms with Gasteiger partial charge in [0.05, 0.1) is 0 Å². The lowest BCUT2D eigenvalue weighted by atomic mass is 10.1. The number of benzene rings is 1. The number of nitrogens with two attached hydrogens (primary N) is 1. The van der Waals surface area contributed by atoms with Gasteiger partial charge in [-0.3, -0.25) is 0 Å². The first-order valence-electron chi connectivity index (χ1n) is 5.38. The van der Waals surface area contributed by atoms with Gasteiger partial charge in [0.2, 0.25) is 0 Å². The molecule has 88 valence electrons. The first kappa shape index (κ1) is 13.3. The number of thioether (sulfide) groups is 1. The minimum absolute atomic E-state index is 0.479. The molecule has 0 atom stereocenters. The largest absolute Gasteiger partial charge is 0.389 e. The van der Waals surface area contributed by atoms with Crippen molar-refractivity contribution in [2.45, 2.75) is 18.7 Å². The molecule has 2 N–H and O–H groups in total. The number of hydrogen-bond acceptors (Lipinski definition) is 3. The predicted octanol–water partition coefficient (Wildman–Crippen LogP) is 2.89. The Morgan fingerprint density at radius 1 is 1.44 bits per heavy atom. The number of rotatable bonds is 5. The number of anilines is 1. The van der Waals surface area contributed by atoms with Gasteiger partial charge < -0.3 is 10.6 Å². The van der Waals surface area contributed by atoms with Crippen LogP contribution in [-0.2, 0) is 0 Å². The summed E-state index contributed by atoms with van der Waals surface area (Å²) in [5.74, 6) is 1.02. The van der Waals surface area contributed by atoms with Gasteiger partial charge in [0, 0.05) is 29.7 Å². The van der Waals surface area contributed by atoms with E-state index in [0.29, 0.717) is 4.99 Å². The molecule has 0 radical (unpaired) electrons. The van der Waals surface area contributed by atoms with Gasteiger partial charge >= 0.3 is 0 Å². The van der Waals surface area contributed by atoms with E-state index >= 15 is 0 Å². The van der Waals surface area contributed by atoms with Crippen LogP contribution in [0.3, 0.4) is 0 Å². The van der Waals surface area contributed by atoms with Crippen LogP contribution in [-0.4, -0.2) is 24.3 Å². The van der Waals surface area contributed by atoms with Crippen molar-refractivity contribution in [3.05, 3.63) is 23.8 Å². The molecule has 0 saturated heterocycles. The van der Waals surface area contributed by atoms with E-state index in [9.17, 15) is 0 Å². The second kappa shape index (κ2) is 6.11. The Bertz CT molecular complexity index is 377. The molecule has 1 aromatic carbocycles. The van der Waals surface area contributed by atoms with E-state index in [0.717, 1.165) is 23.5 Å². The number of thiocarbonyl (C=S) groups is 1. The fourth-order valence-corrected chi connectivity index (χ4v) is 2.66. The lowest BCUT2D eigenvalue weighted by Gasteiger charge is -2.22. The van der Waals surface area contributed by atoms with Gasteiger partial charge in [-0.05, 0) is 24.8 Å². The average molecular weight is 254 g/mol. The highest BCUT2D eigenvalue weighted by Gasteiger charge is 2.13. The maximum absolute atomic E-state index is 5.83. The van der Waals surface area contributed by atoms with Crippen LogP contribution >= 0.6 is 24.0 Å². The molecule has 2 nitrogen and oxygen atoms in total. The minimum atomic E-state index is 0.479. The molecule has 4 heteroatoms. The van der Waals surface area contributed by atoms with Crippen molar-refractivity contribution in [3.8, 4) is 0 Å². The van der Waals surface area contributed by atoms with Crippen molar-refractivity contribution >= 4 is 34.7 Å². The van der Waals surface area contributed by atoms with E-state index in [1.54, 1.807) is 11.8 Å². The summed E-state index contributed by atoms with van der Waals surface area (Å²) in [5.41, 5.74) is 7.96. The van der Waals surface area contributed by atoms with Crippen LogP contribution in [0.4, 0.5) is 5.69 Å². The smallest absolute Gasteiger partial charge is 0.107 e. The third kappa shape index (κ3) is 2.89. The van der Waals surface area contributed by atoms with Crippen LogP contribution in [0.15, 0.2) is 23.1 Å². The molecule has 0 unspecified atom stereocenters. The third-order valence-electron chi connectivity index (χ3n) is 2.44. The molecule has 0 saturated carbocycles. The van der Waals surface area contributed by atoms with E-state index in [1.807, 2.05) is 0 Å². The zero-order valence-corrected chi connectivity index (χ0v) is 11.6. The highest BCUT2D eigenvalue weighted by Crippen LogP contribution is 2.30. The molecule has 0 amide bonds. The van der Waals surface area contributed by atoms with Gasteiger partial charge in [0.1, 0.15) is 4.99 Å². The van der Waals surface area contributed by atoms with Gasteiger partial charge in [-0.2, -0.15) is 0 Å². The molecule has 0 aliphatic heterocycles. The quantitative estimate of drug-likeness (QED) is 0.646. The van der Waals surface area contributed by atoms with Crippen LogP contribution in [0.25, 0.3) is 0 Å². The van der Waals surface area contributed by atoms with E-state index in [1.165, 1.54) is 4.90 Å². The van der Waals surface area contributed by atoms with Crippen LogP contribution in [0, 0.1) is 0 Å². The Labute approximate surface area is 107 Å². The minimum Gasteiger partial charge on any atom is -0.389 e. The van der Waals surface area contributed by atoms with Gasteiger partial charge in [-0.25, -0.2) is 0 Å². The maximum Gasteiger partial charge on any atom is 0.107 e. The molecule has 0 aliphatic carbocycles. The summed E-state index contributed by atoms with van der Waals surface area (Å²) >= 11 is 6.93. The van der Waals surface area contributed by atoms with Crippen molar-refractivity contribution in [3.63, 3.8) is 0 Å². The van der Waals surface area contributed by atoms with Crippen molar-refractivity contribution in [2.75, 3.05) is 24.2 Å². The SMILES string of the molecule is CCSc1cccc(N(C)CC)c1C(N)=S. The number of hydrogen-bond donors (Lipinski definition) is 1. The summed E-state index contributed by atoms with van der Waals surface area (Å²) in [4.78, 5) is 3.81. The second-order valence-electron chi connectivity index (χ2n) is 3.46. The average Bonchev–Trinajstić information content (AvgIpc) is 2.27. The van der Waals surface area contributed by atoms with Crippen molar-refractivity contribution < 1.29 is 0 Å². The first-order valence-corrected chi connectivity index (χ1v) is 6.77. The summed E-state index contributed by atoms with van der Waals surface area (Å²) < 4.78 is 0. The van der Waals surface area contributed by atoms with E-state index in [2.05, 4.69) is 44.0 Å². The summed E-state index contributed by atoms with van der Waals surface area (Å²) in [5, 5.41) is 0. The highest BCUT2D eigenvalue weighted by atomic mass is 32.2. The predicted molar refractivity (Wildman–Crippen MR) is 77.7 cm³/mol. The van der Waals surface area contributed by atoms with Crippen LogP contribution < -0.4 is 10.6 Å². The summed E-state index contributed by atoms with van der Waals surface area (Å²) in [6, 6.07) is 6.20. The van der Waals surface area contributed by atoms with Crippen molar-refractivity contribution in [1.82, 2.24) is 0 Å². The first-order chi connectivity index (χ1) is 7.61. The Balaban J connectivity index is 3.26. The van der Waals surface area contributed by atoms with E-state index in [-0.39, 0.29) is 0 Å². The molecular weight excluding hydrogens is 236 g/mol.